The minimum absolute atomic E-state index is 0.381. The van der Waals surface area contributed by atoms with Crippen LogP contribution in [0, 0.1) is 0 Å². The first-order chi connectivity index (χ1) is 8.78. The predicted molar refractivity (Wildman–Crippen MR) is 74.7 cm³/mol. The Morgan fingerprint density at radius 1 is 1.39 bits per heavy atom. The molecule has 3 nitrogen and oxygen atoms in total. The van der Waals surface area contributed by atoms with Crippen LogP contribution in [-0.4, -0.2) is 18.7 Å². The first-order valence-corrected chi connectivity index (χ1v) is 6.98. The fourth-order valence-electron chi connectivity index (χ4n) is 2.59. The molecule has 100 valence electrons. The van der Waals surface area contributed by atoms with Crippen LogP contribution < -0.4 is 15.8 Å². The Hall–Kier alpha value is -1.06. The summed E-state index contributed by atoms with van der Waals surface area (Å²) in [5, 5.41) is 3.60. The van der Waals surface area contributed by atoms with Crippen molar-refractivity contribution < 1.29 is 4.74 Å². The number of nitrogens with two attached hydrogens (primary N) is 1. The van der Waals surface area contributed by atoms with E-state index in [1.807, 2.05) is 13.0 Å². The summed E-state index contributed by atoms with van der Waals surface area (Å²) in [6, 6.07) is 9.26. The van der Waals surface area contributed by atoms with Crippen molar-refractivity contribution in [2.75, 3.05) is 6.61 Å². The van der Waals surface area contributed by atoms with Crippen LogP contribution >= 0.6 is 0 Å². The molecule has 1 aliphatic rings. The fourth-order valence-corrected chi connectivity index (χ4v) is 2.59. The van der Waals surface area contributed by atoms with Gasteiger partial charge in [-0.2, -0.15) is 0 Å². The molecular formula is C15H24N2O. The zero-order valence-corrected chi connectivity index (χ0v) is 11.2. The molecular weight excluding hydrogens is 224 g/mol. The summed E-state index contributed by atoms with van der Waals surface area (Å²) in [6.07, 6.45) is 4.78. The smallest absolute Gasteiger partial charge is 0.119 e. The summed E-state index contributed by atoms with van der Waals surface area (Å²) in [5.74, 6) is 0.956. The molecule has 1 aliphatic carbocycles. The maximum Gasteiger partial charge on any atom is 0.119 e. The summed E-state index contributed by atoms with van der Waals surface area (Å²) in [5.41, 5.74) is 7.28. The quantitative estimate of drug-likeness (QED) is 0.841. The molecule has 2 unspecified atom stereocenters. The lowest BCUT2D eigenvalue weighted by Gasteiger charge is -2.27. The molecule has 0 aromatic heterocycles. The molecule has 0 bridgehead atoms. The van der Waals surface area contributed by atoms with E-state index in [1.54, 1.807) is 0 Å². The predicted octanol–water partition coefficient (Wildman–Crippen LogP) is 2.44. The van der Waals surface area contributed by atoms with Gasteiger partial charge in [0.05, 0.1) is 6.61 Å². The molecule has 0 saturated heterocycles. The van der Waals surface area contributed by atoms with Gasteiger partial charge in [0.2, 0.25) is 0 Å². The maximum absolute atomic E-state index is 6.00. The minimum atomic E-state index is 0.381. The van der Waals surface area contributed by atoms with Crippen molar-refractivity contribution in [2.45, 2.75) is 51.2 Å². The standard InChI is InChI=1S/C15H24N2O/c1-2-18-15-8-3-5-12(9-15)11-17-14-7-4-6-13(16)10-14/h3,5,8-9,13-14,17H,2,4,6-7,10-11,16H2,1H3. The summed E-state index contributed by atoms with van der Waals surface area (Å²) in [4.78, 5) is 0. The molecule has 0 radical (unpaired) electrons. The van der Waals surface area contributed by atoms with Crippen LogP contribution in [0.5, 0.6) is 5.75 Å². The molecule has 1 saturated carbocycles. The molecule has 0 spiro atoms. The van der Waals surface area contributed by atoms with E-state index in [9.17, 15) is 0 Å². The fraction of sp³-hybridized carbons (Fsp3) is 0.600. The van der Waals surface area contributed by atoms with Crippen molar-refractivity contribution in [1.29, 1.82) is 0 Å². The number of nitrogens with one attached hydrogen (secondary N) is 1. The molecule has 1 aromatic carbocycles. The summed E-state index contributed by atoms with van der Waals surface area (Å²) < 4.78 is 5.51. The Morgan fingerprint density at radius 3 is 3.06 bits per heavy atom. The third-order valence-corrected chi connectivity index (χ3v) is 3.52. The monoisotopic (exact) mass is 248 g/mol. The van der Waals surface area contributed by atoms with E-state index < -0.39 is 0 Å². The SMILES string of the molecule is CCOc1cccc(CNC2CCCC(N)C2)c1. The van der Waals surface area contributed by atoms with E-state index in [0.29, 0.717) is 18.7 Å². The van der Waals surface area contributed by atoms with Crippen molar-refractivity contribution in [2.24, 2.45) is 5.73 Å². The maximum atomic E-state index is 6.00. The van der Waals surface area contributed by atoms with Gasteiger partial charge in [-0.15, -0.1) is 0 Å². The number of hydrogen-bond acceptors (Lipinski definition) is 3. The second kappa shape index (κ2) is 6.76. The van der Waals surface area contributed by atoms with Gasteiger partial charge in [-0.3, -0.25) is 0 Å². The summed E-state index contributed by atoms with van der Waals surface area (Å²) >= 11 is 0. The number of benzene rings is 1. The lowest BCUT2D eigenvalue weighted by Crippen LogP contribution is -2.39. The van der Waals surface area contributed by atoms with Gasteiger partial charge in [-0.1, -0.05) is 18.6 Å². The largest absolute Gasteiger partial charge is 0.494 e. The van der Waals surface area contributed by atoms with E-state index in [2.05, 4.69) is 23.5 Å². The van der Waals surface area contributed by atoms with Gasteiger partial charge in [0.1, 0.15) is 5.75 Å². The van der Waals surface area contributed by atoms with Crippen LogP contribution in [0.15, 0.2) is 24.3 Å². The van der Waals surface area contributed by atoms with Crippen molar-refractivity contribution in [3.05, 3.63) is 29.8 Å². The van der Waals surface area contributed by atoms with Gasteiger partial charge in [0, 0.05) is 18.6 Å². The number of ether oxygens (including phenoxy) is 1. The van der Waals surface area contributed by atoms with Crippen LogP contribution in [-0.2, 0) is 6.54 Å². The molecule has 0 heterocycles. The molecule has 3 N–H and O–H groups in total. The summed E-state index contributed by atoms with van der Waals surface area (Å²) in [6.45, 7) is 3.63. The van der Waals surface area contributed by atoms with Gasteiger partial charge < -0.3 is 15.8 Å². The van der Waals surface area contributed by atoms with Gasteiger partial charge in [0.25, 0.3) is 0 Å². The van der Waals surface area contributed by atoms with Crippen LogP contribution in [0.3, 0.4) is 0 Å². The lowest BCUT2D eigenvalue weighted by atomic mass is 9.91. The van der Waals surface area contributed by atoms with Crippen molar-refractivity contribution in [3.63, 3.8) is 0 Å². The highest BCUT2D eigenvalue weighted by Gasteiger charge is 2.18. The van der Waals surface area contributed by atoms with Crippen molar-refractivity contribution in [3.8, 4) is 5.75 Å². The van der Waals surface area contributed by atoms with Gasteiger partial charge >= 0.3 is 0 Å². The van der Waals surface area contributed by atoms with E-state index in [0.717, 1.165) is 18.7 Å². The zero-order chi connectivity index (χ0) is 12.8. The van der Waals surface area contributed by atoms with E-state index in [-0.39, 0.29) is 0 Å². The Balaban J connectivity index is 1.83. The Kier molecular flexibility index (Phi) is 5.02. The van der Waals surface area contributed by atoms with E-state index >= 15 is 0 Å². The second-order valence-electron chi connectivity index (χ2n) is 5.08. The highest BCUT2D eigenvalue weighted by atomic mass is 16.5. The molecule has 0 amide bonds. The molecule has 1 aromatic rings. The van der Waals surface area contributed by atoms with Crippen molar-refractivity contribution in [1.82, 2.24) is 5.32 Å². The zero-order valence-electron chi connectivity index (χ0n) is 11.2. The molecule has 2 atom stereocenters. The highest BCUT2D eigenvalue weighted by Crippen LogP contribution is 2.18. The lowest BCUT2D eigenvalue weighted by molar-refractivity contribution is 0.334. The molecule has 18 heavy (non-hydrogen) atoms. The Morgan fingerprint density at radius 2 is 2.28 bits per heavy atom. The topological polar surface area (TPSA) is 47.3 Å². The average molecular weight is 248 g/mol. The third-order valence-electron chi connectivity index (χ3n) is 3.52. The van der Waals surface area contributed by atoms with Crippen molar-refractivity contribution >= 4 is 0 Å². The Labute approximate surface area is 110 Å². The normalized spacial score (nSPS) is 23.9. The average Bonchev–Trinajstić information content (AvgIpc) is 2.37. The van der Waals surface area contributed by atoms with Crippen LogP contribution in [0.1, 0.15) is 38.2 Å². The van der Waals surface area contributed by atoms with E-state index in [4.69, 9.17) is 10.5 Å². The van der Waals surface area contributed by atoms with Crippen LogP contribution in [0.2, 0.25) is 0 Å². The van der Waals surface area contributed by atoms with Crippen LogP contribution in [0.4, 0.5) is 0 Å². The molecule has 0 aliphatic heterocycles. The first kappa shape index (κ1) is 13.4. The first-order valence-electron chi connectivity index (χ1n) is 6.98. The van der Waals surface area contributed by atoms with Crippen LogP contribution in [0.25, 0.3) is 0 Å². The third kappa shape index (κ3) is 4.00. The molecule has 1 fully saturated rings. The minimum Gasteiger partial charge on any atom is -0.494 e. The van der Waals surface area contributed by atoms with Gasteiger partial charge in [-0.25, -0.2) is 0 Å². The second-order valence-corrected chi connectivity index (χ2v) is 5.08. The van der Waals surface area contributed by atoms with Gasteiger partial charge in [-0.05, 0) is 43.9 Å². The van der Waals surface area contributed by atoms with E-state index in [1.165, 1.54) is 24.8 Å². The molecule has 2 rings (SSSR count). The molecule has 3 heteroatoms. The number of rotatable bonds is 5. The highest BCUT2D eigenvalue weighted by molar-refractivity contribution is 5.28. The Bertz CT molecular complexity index is 367. The number of hydrogen-bond donors (Lipinski definition) is 2. The summed E-state index contributed by atoms with van der Waals surface area (Å²) in [7, 11) is 0. The van der Waals surface area contributed by atoms with Gasteiger partial charge in [0.15, 0.2) is 0 Å².